The summed E-state index contributed by atoms with van der Waals surface area (Å²) in [6.45, 7) is 1.85. The SMILES string of the molecule is CC(CCO)NC(=O)c1ccc(NC(=O)c2ccco2)cc1. The average Bonchev–Trinajstić information content (AvgIpc) is 3.02. The largest absolute Gasteiger partial charge is 0.459 e. The number of nitrogens with one attached hydrogen (secondary N) is 2. The van der Waals surface area contributed by atoms with Crippen LogP contribution in [-0.2, 0) is 0 Å². The van der Waals surface area contributed by atoms with Gasteiger partial charge in [-0.3, -0.25) is 9.59 Å². The fraction of sp³-hybridized carbons (Fsp3) is 0.250. The summed E-state index contributed by atoms with van der Waals surface area (Å²) in [7, 11) is 0. The highest BCUT2D eigenvalue weighted by atomic mass is 16.3. The van der Waals surface area contributed by atoms with Crippen molar-refractivity contribution in [3.05, 3.63) is 54.0 Å². The van der Waals surface area contributed by atoms with Crippen molar-refractivity contribution in [2.75, 3.05) is 11.9 Å². The third-order valence-corrected chi connectivity index (χ3v) is 3.09. The predicted octanol–water partition coefficient (Wildman–Crippen LogP) is 2.03. The van der Waals surface area contributed by atoms with Gasteiger partial charge in [0.05, 0.1) is 6.26 Å². The van der Waals surface area contributed by atoms with E-state index in [9.17, 15) is 9.59 Å². The summed E-state index contributed by atoms with van der Waals surface area (Å²) in [5.74, 6) is -0.344. The van der Waals surface area contributed by atoms with Crippen LogP contribution in [0.5, 0.6) is 0 Å². The van der Waals surface area contributed by atoms with E-state index < -0.39 is 0 Å². The maximum atomic E-state index is 12.0. The first kappa shape index (κ1) is 15.8. The summed E-state index contributed by atoms with van der Waals surface area (Å²) in [5, 5.41) is 14.3. The molecule has 116 valence electrons. The summed E-state index contributed by atoms with van der Waals surface area (Å²) in [6, 6.07) is 9.64. The number of hydrogen-bond donors (Lipinski definition) is 3. The van der Waals surface area contributed by atoms with Crippen LogP contribution in [0.3, 0.4) is 0 Å². The molecule has 0 bridgehead atoms. The van der Waals surface area contributed by atoms with Gasteiger partial charge in [0.2, 0.25) is 0 Å². The lowest BCUT2D eigenvalue weighted by Gasteiger charge is -2.12. The van der Waals surface area contributed by atoms with Gasteiger partial charge in [0, 0.05) is 23.9 Å². The fourth-order valence-corrected chi connectivity index (χ4v) is 1.88. The Balaban J connectivity index is 1.95. The van der Waals surface area contributed by atoms with E-state index in [1.165, 1.54) is 6.26 Å². The van der Waals surface area contributed by atoms with Crippen molar-refractivity contribution in [3.63, 3.8) is 0 Å². The van der Waals surface area contributed by atoms with Gasteiger partial charge in [0.25, 0.3) is 11.8 Å². The first-order valence-corrected chi connectivity index (χ1v) is 6.97. The molecule has 3 N–H and O–H groups in total. The van der Waals surface area contributed by atoms with E-state index in [2.05, 4.69) is 10.6 Å². The molecule has 0 aliphatic carbocycles. The van der Waals surface area contributed by atoms with Gasteiger partial charge in [-0.1, -0.05) is 0 Å². The van der Waals surface area contributed by atoms with Crippen molar-refractivity contribution in [2.45, 2.75) is 19.4 Å². The molecule has 1 aromatic carbocycles. The van der Waals surface area contributed by atoms with Crippen LogP contribution in [0.25, 0.3) is 0 Å². The molecule has 0 aliphatic rings. The lowest BCUT2D eigenvalue weighted by molar-refractivity contribution is 0.0933. The first-order valence-electron chi connectivity index (χ1n) is 6.97. The Morgan fingerprint density at radius 1 is 1.18 bits per heavy atom. The molecule has 1 atom stereocenters. The normalized spacial score (nSPS) is 11.7. The van der Waals surface area contributed by atoms with Crippen LogP contribution in [0.4, 0.5) is 5.69 Å². The smallest absolute Gasteiger partial charge is 0.291 e. The van der Waals surface area contributed by atoms with Crippen LogP contribution in [0.15, 0.2) is 47.1 Å². The highest BCUT2D eigenvalue weighted by Crippen LogP contribution is 2.12. The Morgan fingerprint density at radius 2 is 1.91 bits per heavy atom. The van der Waals surface area contributed by atoms with Crippen LogP contribution in [0.2, 0.25) is 0 Å². The van der Waals surface area contributed by atoms with E-state index in [0.717, 1.165) is 0 Å². The zero-order valence-corrected chi connectivity index (χ0v) is 12.2. The van der Waals surface area contributed by atoms with E-state index in [4.69, 9.17) is 9.52 Å². The standard InChI is InChI=1S/C16H18N2O4/c1-11(8-9-19)17-15(20)12-4-6-13(7-5-12)18-16(21)14-3-2-10-22-14/h2-7,10-11,19H,8-9H2,1H3,(H,17,20)(H,18,21). The number of amides is 2. The monoisotopic (exact) mass is 302 g/mol. The molecule has 2 amide bonds. The van der Waals surface area contributed by atoms with E-state index in [0.29, 0.717) is 17.7 Å². The molecule has 1 aromatic heterocycles. The highest BCUT2D eigenvalue weighted by Gasteiger charge is 2.11. The fourth-order valence-electron chi connectivity index (χ4n) is 1.88. The molecule has 2 aromatic rings. The second-order valence-electron chi connectivity index (χ2n) is 4.90. The third kappa shape index (κ3) is 4.20. The molecule has 0 fully saturated rings. The van der Waals surface area contributed by atoms with Crippen LogP contribution in [0, 0.1) is 0 Å². The number of aliphatic hydroxyl groups is 1. The van der Waals surface area contributed by atoms with Gasteiger partial charge >= 0.3 is 0 Å². The first-order chi connectivity index (χ1) is 10.6. The van der Waals surface area contributed by atoms with Crippen molar-refractivity contribution < 1.29 is 19.1 Å². The summed E-state index contributed by atoms with van der Waals surface area (Å²) in [5.41, 5.74) is 1.06. The molecule has 1 heterocycles. The lowest BCUT2D eigenvalue weighted by atomic mass is 10.1. The zero-order valence-electron chi connectivity index (χ0n) is 12.2. The van der Waals surface area contributed by atoms with Crippen molar-refractivity contribution in [3.8, 4) is 0 Å². The molecule has 2 rings (SSSR count). The summed E-state index contributed by atoms with van der Waals surface area (Å²) >= 11 is 0. The van der Waals surface area contributed by atoms with E-state index in [1.54, 1.807) is 36.4 Å². The number of rotatable bonds is 6. The average molecular weight is 302 g/mol. The quantitative estimate of drug-likeness (QED) is 0.761. The number of furan rings is 1. The molecular weight excluding hydrogens is 284 g/mol. The minimum Gasteiger partial charge on any atom is -0.459 e. The van der Waals surface area contributed by atoms with Crippen molar-refractivity contribution in [1.29, 1.82) is 0 Å². The van der Waals surface area contributed by atoms with Gasteiger partial charge in [0.1, 0.15) is 0 Å². The third-order valence-electron chi connectivity index (χ3n) is 3.09. The van der Waals surface area contributed by atoms with Gasteiger partial charge in [-0.15, -0.1) is 0 Å². The molecule has 0 aliphatic heterocycles. The van der Waals surface area contributed by atoms with Crippen LogP contribution < -0.4 is 10.6 Å². The molecule has 0 radical (unpaired) electrons. The highest BCUT2D eigenvalue weighted by molar-refractivity contribution is 6.02. The molecular formula is C16H18N2O4. The molecule has 6 heteroatoms. The number of anilines is 1. The Labute approximate surface area is 128 Å². The topological polar surface area (TPSA) is 91.6 Å². The second kappa shape index (κ2) is 7.42. The van der Waals surface area contributed by atoms with E-state index >= 15 is 0 Å². The van der Waals surface area contributed by atoms with E-state index in [-0.39, 0.29) is 30.2 Å². The number of hydrogen-bond acceptors (Lipinski definition) is 4. The second-order valence-corrected chi connectivity index (χ2v) is 4.90. The van der Waals surface area contributed by atoms with Crippen molar-refractivity contribution in [2.24, 2.45) is 0 Å². The molecule has 1 unspecified atom stereocenters. The van der Waals surface area contributed by atoms with Crippen molar-refractivity contribution in [1.82, 2.24) is 5.32 Å². The van der Waals surface area contributed by atoms with E-state index in [1.807, 2.05) is 6.92 Å². The van der Waals surface area contributed by atoms with Gasteiger partial charge < -0.3 is 20.2 Å². The van der Waals surface area contributed by atoms with Crippen LogP contribution in [0.1, 0.15) is 34.3 Å². The van der Waals surface area contributed by atoms with Crippen LogP contribution in [-0.4, -0.2) is 29.6 Å². The summed E-state index contributed by atoms with van der Waals surface area (Å²) < 4.78 is 5.00. The van der Waals surface area contributed by atoms with Gasteiger partial charge in [-0.05, 0) is 49.7 Å². The Morgan fingerprint density at radius 3 is 2.50 bits per heavy atom. The number of benzene rings is 1. The van der Waals surface area contributed by atoms with Crippen molar-refractivity contribution >= 4 is 17.5 Å². The zero-order chi connectivity index (χ0) is 15.9. The molecule has 0 spiro atoms. The number of carbonyl (C=O) groups excluding carboxylic acids is 2. The van der Waals surface area contributed by atoms with Crippen LogP contribution >= 0.6 is 0 Å². The number of carbonyl (C=O) groups is 2. The predicted molar refractivity (Wildman–Crippen MR) is 81.7 cm³/mol. The Kier molecular flexibility index (Phi) is 5.32. The maximum absolute atomic E-state index is 12.0. The maximum Gasteiger partial charge on any atom is 0.291 e. The summed E-state index contributed by atoms with van der Waals surface area (Å²) in [4.78, 5) is 23.8. The minimum atomic E-state index is -0.348. The molecule has 6 nitrogen and oxygen atoms in total. The van der Waals surface area contributed by atoms with Gasteiger partial charge in [-0.25, -0.2) is 0 Å². The molecule has 0 saturated heterocycles. The van der Waals surface area contributed by atoms with Gasteiger partial charge in [-0.2, -0.15) is 0 Å². The Hall–Kier alpha value is -2.60. The Bertz CT molecular complexity index is 620. The molecule has 22 heavy (non-hydrogen) atoms. The molecule has 0 saturated carbocycles. The van der Waals surface area contributed by atoms with Gasteiger partial charge in [0.15, 0.2) is 5.76 Å². The minimum absolute atomic E-state index is 0.0270. The summed E-state index contributed by atoms with van der Waals surface area (Å²) in [6.07, 6.45) is 1.93. The number of aliphatic hydroxyl groups excluding tert-OH is 1. The lowest BCUT2D eigenvalue weighted by Crippen LogP contribution is -2.33.